The molecule has 11 heteroatoms. The summed E-state index contributed by atoms with van der Waals surface area (Å²) in [6.45, 7) is 3.93. The lowest BCUT2D eigenvalue weighted by Crippen LogP contribution is -2.42. The Hall–Kier alpha value is -3.86. The number of carbonyl (C=O) groups excluding carboxylic acids is 4. The topological polar surface area (TPSA) is 147 Å². The molecule has 0 bridgehead atoms. The van der Waals surface area contributed by atoms with Gasteiger partial charge in [0.2, 0.25) is 12.3 Å². The van der Waals surface area contributed by atoms with Gasteiger partial charge in [-0.25, -0.2) is 9.86 Å². The van der Waals surface area contributed by atoms with E-state index in [1.165, 1.54) is 13.2 Å². The number of hydrogen-bond acceptors (Lipinski definition) is 8. The predicted molar refractivity (Wildman–Crippen MR) is 129 cm³/mol. The van der Waals surface area contributed by atoms with Gasteiger partial charge < -0.3 is 24.5 Å². The summed E-state index contributed by atoms with van der Waals surface area (Å²) >= 11 is 0. The molecule has 0 aliphatic rings. The van der Waals surface area contributed by atoms with E-state index in [0.29, 0.717) is 35.2 Å². The van der Waals surface area contributed by atoms with Crippen LogP contribution in [0.15, 0.2) is 34.7 Å². The summed E-state index contributed by atoms with van der Waals surface area (Å²) in [5.74, 6) is -1.31. The van der Waals surface area contributed by atoms with E-state index in [2.05, 4.69) is 10.6 Å². The van der Waals surface area contributed by atoms with Crippen LogP contribution in [0.3, 0.4) is 0 Å². The summed E-state index contributed by atoms with van der Waals surface area (Å²) in [4.78, 5) is 47.7. The number of amides is 3. The molecule has 3 amide bonds. The third-order valence-corrected chi connectivity index (χ3v) is 5.32. The van der Waals surface area contributed by atoms with Crippen molar-refractivity contribution in [2.75, 3.05) is 26.9 Å². The Kier molecular flexibility index (Phi) is 11.4. The molecule has 0 spiro atoms. The number of ether oxygens (including phenoxy) is 2. The Bertz CT molecular complexity index is 1040. The fourth-order valence-corrected chi connectivity index (χ4v) is 3.50. The van der Waals surface area contributed by atoms with E-state index in [1.807, 2.05) is 13.8 Å². The molecule has 0 saturated carbocycles. The van der Waals surface area contributed by atoms with Crippen LogP contribution < -0.4 is 15.4 Å². The molecule has 0 fully saturated rings. The van der Waals surface area contributed by atoms with E-state index >= 15 is 0 Å². The first-order chi connectivity index (χ1) is 17.3. The second-order valence-electron chi connectivity index (χ2n) is 7.98. The van der Waals surface area contributed by atoms with Gasteiger partial charge in [0, 0.05) is 5.56 Å². The van der Waals surface area contributed by atoms with E-state index in [1.54, 1.807) is 24.3 Å². The van der Waals surface area contributed by atoms with Crippen LogP contribution in [0.1, 0.15) is 60.4 Å². The van der Waals surface area contributed by atoms with Gasteiger partial charge in [-0.3, -0.25) is 19.6 Å². The number of unbranched alkanes of at least 4 members (excludes halogenated alkanes) is 2. The maximum Gasteiger partial charge on any atom is 0.338 e. The highest BCUT2D eigenvalue weighted by Gasteiger charge is 2.21. The lowest BCUT2D eigenvalue weighted by atomic mass is 10.0. The van der Waals surface area contributed by atoms with Gasteiger partial charge in [-0.05, 0) is 43.7 Å². The first kappa shape index (κ1) is 28.4. The molecule has 2 rings (SSSR count). The maximum absolute atomic E-state index is 12.5. The standard InChI is InChI=1S/C25H33N3O8/c1-4-6-7-8-17(14-28(33)16-29)23(30)26-15-27-24(31)22-10-9-21(36-22)18-11-19(25(32)34-3)13-20(12-18)35-5-2/h9-13,16-17,33H,4-8,14-15H2,1-3H3,(H,26,30)(H,27,31)/t17-/m1/s1. The first-order valence-corrected chi connectivity index (χ1v) is 11.8. The third kappa shape index (κ3) is 8.42. The van der Waals surface area contributed by atoms with Crippen molar-refractivity contribution in [3.63, 3.8) is 0 Å². The summed E-state index contributed by atoms with van der Waals surface area (Å²) in [6.07, 6.45) is 3.39. The number of hydrogen-bond donors (Lipinski definition) is 3. The minimum Gasteiger partial charge on any atom is -0.494 e. The van der Waals surface area contributed by atoms with Crippen molar-refractivity contribution >= 4 is 24.2 Å². The van der Waals surface area contributed by atoms with Gasteiger partial charge in [-0.2, -0.15) is 0 Å². The van der Waals surface area contributed by atoms with Gasteiger partial charge in [0.05, 0.1) is 38.4 Å². The molecule has 1 atom stereocenters. The summed E-state index contributed by atoms with van der Waals surface area (Å²) in [5, 5.41) is 15.0. The average Bonchev–Trinajstić information content (AvgIpc) is 3.38. The fraction of sp³-hybridized carbons (Fsp3) is 0.440. The summed E-state index contributed by atoms with van der Waals surface area (Å²) in [5.41, 5.74) is 0.792. The quantitative estimate of drug-likeness (QED) is 0.0839. The van der Waals surface area contributed by atoms with Crippen LogP contribution in [0.4, 0.5) is 0 Å². The van der Waals surface area contributed by atoms with E-state index in [4.69, 9.17) is 13.9 Å². The molecule has 0 radical (unpaired) electrons. The Morgan fingerprint density at radius 1 is 1.14 bits per heavy atom. The van der Waals surface area contributed by atoms with Crippen LogP contribution in [0, 0.1) is 5.92 Å². The highest BCUT2D eigenvalue weighted by Crippen LogP contribution is 2.28. The monoisotopic (exact) mass is 503 g/mol. The van der Waals surface area contributed by atoms with Crippen LogP contribution in [-0.4, -0.2) is 61.4 Å². The number of nitrogens with zero attached hydrogens (tertiary/aromatic N) is 1. The van der Waals surface area contributed by atoms with Gasteiger partial charge in [0.25, 0.3) is 5.91 Å². The van der Waals surface area contributed by atoms with E-state index < -0.39 is 23.7 Å². The molecule has 0 aliphatic carbocycles. The van der Waals surface area contributed by atoms with Crippen molar-refractivity contribution in [3.8, 4) is 17.1 Å². The molecule has 1 heterocycles. The summed E-state index contributed by atoms with van der Waals surface area (Å²) in [7, 11) is 1.28. The third-order valence-electron chi connectivity index (χ3n) is 5.32. The molecule has 3 N–H and O–H groups in total. The van der Waals surface area contributed by atoms with E-state index in [9.17, 15) is 24.4 Å². The van der Waals surface area contributed by atoms with Crippen molar-refractivity contribution in [2.45, 2.75) is 39.5 Å². The molecule has 0 unspecified atom stereocenters. The Labute approximate surface area is 209 Å². The molecule has 11 nitrogen and oxygen atoms in total. The second kappa shape index (κ2) is 14.5. The lowest BCUT2D eigenvalue weighted by molar-refractivity contribution is -0.154. The number of benzene rings is 1. The van der Waals surface area contributed by atoms with Crippen molar-refractivity contribution in [1.29, 1.82) is 0 Å². The minimum absolute atomic E-state index is 0.00247. The zero-order valence-electron chi connectivity index (χ0n) is 20.7. The van der Waals surface area contributed by atoms with E-state index in [-0.39, 0.29) is 30.9 Å². The molecule has 36 heavy (non-hydrogen) atoms. The number of methoxy groups -OCH3 is 1. The predicted octanol–water partition coefficient (Wildman–Crippen LogP) is 2.98. The molecular weight excluding hydrogens is 470 g/mol. The minimum atomic E-state index is -0.611. The fourth-order valence-electron chi connectivity index (χ4n) is 3.50. The second-order valence-corrected chi connectivity index (χ2v) is 7.98. The normalized spacial score (nSPS) is 11.3. The number of nitrogens with one attached hydrogen (secondary N) is 2. The van der Waals surface area contributed by atoms with Crippen LogP contribution >= 0.6 is 0 Å². The largest absolute Gasteiger partial charge is 0.494 e. The number of furan rings is 1. The van der Waals surface area contributed by atoms with Crippen LogP contribution in [0.2, 0.25) is 0 Å². The SMILES string of the molecule is CCCCC[C@H](CN(O)C=O)C(=O)NCNC(=O)c1ccc(-c2cc(OCC)cc(C(=O)OC)c2)o1. The molecule has 2 aromatic rings. The van der Waals surface area contributed by atoms with Crippen LogP contribution in [-0.2, 0) is 14.3 Å². The number of hydroxylamine groups is 2. The lowest BCUT2D eigenvalue weighted by Gasteiger charge is -2.19. The first-order valence-electron chi connectivity index (χ1n) is 11.8. The van der Waals surface area contributed by atoms with Gasteiger partial charge in [-0.15, -0.1) is 0 Å². The van der Waals surface area contributed by atoms with Gasteiger partial charge in [0.15, 0.2) is 5.76 Å². The van der Waals surface area contributed by atoms with E-state index in [0.717, 1.165) is 19.3 Å². The zero-order chi connectivity index (χ0) is 26.5. The van der Waals surface area contributed by atoms with Crippen molar-refractivity contribution < 1.29 is 38.3 Å². The Morgan fingerprint density at radius 3 is 2.58 bits per heavy atom. The number of carbonyl (C=O) groups is 4. The van der Waals surface area contributed by atoms with Crippen LogP contribution in [0.25, 0.3) is 11.3 Å². The molecule has 196 valence electrons. The molecule has 1 aromatic heterocycles. The Balaban J connectivity index is 2.02. The zero-order valence-corrected chi connectivity index (χ0v) is 20.7. The van der Waals surface area contributed by atoms with Crippen LogP contribution in [0.5, 0.6) is 5.75 Å². The summed E-state index contributed by atoms with van der Waals surface area (Å²) in [6, 6.07) is 7.85. The molecule has 0 saturated heterocycles. The maximum atomic E-state index is 12.5. The van der Waals surface area contributed by atoms with Crippen molar-refractivity contribution in [3.05, 3.63) is 41.7 Å². The van der Waals surface area contributed by atoms with Gasteiger partial charge in [-0.1, -0.05) is 26.2 Å². The van der Waals surface area contributed by atoms with Gasteiger partial charge >= 0.3 is 5.97 Å². The van der Waals surface area contributed by atoms with Crippen molar-refractivity contribution in [2.24, 2.45) is 5.92 Å². The molecule has 1 aromatic carbocycles. The highest BCUT2D eigenvalue weighted by molar-refractivity contribution is 5.93. The summed E-state index contributed by atoms with van der Waals surface area (Å²) < 4.78 is 15.9. The highest BCUT2D eigenvalue weighted by atomic mass is 16.5. The number of esters is 1. The Morgan fingerprint density at radius 2 is 1.92 bits per heavy atom. The number of rotatable bonds is 15. The van der Waals surface area contributed by atoms with Crippen molar-refractivity contribution in [1.82, 2.24) is 15.7 Å². The van der Waals surface area contributed by atoms with Gasteiger partial charge in [0.1, 0.15) is 11.5 Å². The smallest absolute Gasteiger partial charge is 0.338 e. The molecular formula is C25H33N3O8. The molecule has 0 aliphatic heterocycles. The average molecular weight is 504 g/mol.